The first-order valence-corrected chi connectivity index (χ1v) is 16.2. The molecule has 1 amide bonds. The number of amides is 1. The number of carbonyl (C=O) groups is 2. The number of likely N-dealkylation sites (tertiary alicyclic amines) is 1. The van der Waals surface area contributed by atoms with Gasteiger partial charge in [-0.2, -0.15) is 0 Å². The molecule has 0 saturated carbocycles. The van der Waals surface area contributed by atoms with Gasteiger partial charge in [-0.25, -0.2) is 4.79 Å². The third-order valence-electron chi connectivity index (χ3n) is 8.69. The van der Waals surface area contributed by atoms with Gasteiger partial charge in [-0.05, 0) is 88.8 Å². The van der Waals surface area contributed by atoms with Crippen LogP contribution in [0.25, 0.3) is 21.9 Å². The molecule has 0 bridgehead atoms. The van der Waals surface area contributed by atoms with Crippen molar-refractivity contribution in [2.75, 3.05) is 18.4 Å². The Morgan fingerprint density at radius 2 is 1.50 bits per heavy atom. The van der Waals surface area contributed by atoms with Crippen LogP contribution >= 0.6 is 11.6 Å². The minimum atomic E-state index is -1.11. The minimum absolute atomic E-state index is 0.150. The summed E-state index contributed by atoms with van der Waals surface area (Å²) in [6.45, 7) is 3.68. The molecule has 3 N–H and O–H groups in total. The molecule has 1 aliphatic rings. The number of hydrogen-bond acceptors (Lipinski definition) is 4. The Labute approximate surface area is 275 Å². The summed E-state index contributed by atoms with van der Waals surface area (Å²) >= 11 is 6.28. The summed E-state index contributed by atoms with van der Waals surface area (Å²) < 4.78 is 0. The molecule has 6 rings (SSSR count). The molecule has 234 valence electrons. The lowest BCUT2D eigenvalue weighted by molar-refractivity contribution is -0.139. The van der Waals surface area contributed by atoms with Gasteiger partial charge in [-0.3, -0.25) is 9.69 Å². The Balaban J connectivity index is 1.13. The molecule has 0 aliphatic carbocycles. The van der Waals surface area contributed by atoms with E-state index in [9.17, 15) is 14.7 Å². The van der Waals surface area contributed by atoms with Crippen LogP contribution < -0.4 is 10.6 Å². The molecular formula is C39H38ClN3O3. The molecule has 0 aromatic heterocycles. The number of fused-ring (bicyclic) bond motifs is 1. The van der Waals surface area contributed by atoms with Crippen molar-refractivity contribution in [2.45, 2.75) is 44.8 Å². The second-order valence-electron chi connectivity index (χ2n) is 12.0. The van der Waals surface area contributed by atoms with Crippen molar-refractivity contribution in [2.24, 2.45) is 0 Å². The number of carboxylic acid groups (broad SMARTS) is 1. The normalized spacial score (nSPS) is 14.1. The number of nitrogens with one attached hydrogen (secondary N) is 2. The van der Waals surface area contributed by atoms with Gasteiger partial charge in [0.15, 0.2) is 0 Å². The highest BCUT2D eigenvalue weighted by molar-refractivity contribution is 6.31. The number of piperidine rings is 1. The van der Waals surface area contributed by atoms with E-state index in [1.54, 1.807) is 18.2 Å². The summed E-state index contributed by atoms with van der Waals surface area (Å²) in [5, 5.41) is 18.8. The lowest BCUT2D eigenvalue weighted by Gasteiger charge is -2.27. The van der Waals surface area contributed by atoms with Crippen molar-refractivity contribution in [3.8, 4) is 11.1 Å². The summed E-state index contributed by atoms with van der Waals surface area (Å²) in [4.78, 5) is 28.3. The van der Waals surface area contributed by atoms with E-state index in [0.717, 1.165) is 47.1 Å². The maximum absolute atomic E-state index is 13.5. The van der Waals surface area contributed by atoms with Gasteiger partial charge in [-0.1, -0.05) is 103 Å². The van der Waals surface area contributed by atoms with Gasteiger partial charge in [-0.15, -0.1) is 0 Å². The van der Waals surface area contributed by atoms with Gasteiger partial charge >= 0.3 is 5.97 Å². The van der Waals surface area contributed by atoms with Crippen molar-refractivity contribution in [3.05, 3.63) is 136 Å². The van der Waals surface area contributed by atoms with Crippen LogP contribution in [0.5, 0.6) is 0 Å². The maximum atomic E-state index is 13.5. The van der Waals surface area contributed by atoms with E-state index in [-0.39, 0.29) is 6.42 Å². The Hall–Kier alpha value is -4.65. The van der Waals surface area contributed by atoms with Gasteiger partial charge in [0.25, 0.3) is 5.91 Å². The number of nitrogens with zero attached hydrogens (tertiary/aromatic N) is 1. The topological polar surface area (TPSA) is 81.7 Å². The number of halogens is 1. The van der Waals surface area contributed by atoms with Crippen molar-refractivity contribution in [3.63, 3.8) is 0 Å². The molecule has 1 aliphatic heterocycles. The SMILES string of the molecule is O=C(N[C@@H](Cc1ccc(-c2ccccc2CN2CCCCC2)cc1)C(=O)O)c1cc(Cl)ccc1NCc1ccc2ccccc2c1. The lowest BCUT2D eigenvalue weighted by Crippen LogP contribution is -2.42. The highest BCUT2D eigenvalue weighted by Gasteiger charge is 2.23. The number of carbonyl (C=O) groups excluding carboxylic acids is 1. The van der Waals surface area contributed by atoms with E-state index < -0.39 is 17.9 Å². The van der Waals surface area contributed by atoms with Crippen LogP contribution in [0, 0.1) is 0 Å². The van der Waals surface area contributed by atoms with Gasteiger partial charge in [0.2, 0.25) is 0 Å². The highest BCUT2D eigenvalue weighted by Crippen LogP contribution is 2.27. The Kier molecular flexibility index (Phi) is 9.97. The van der Waals surface area contributed by atoms with Crippen molar-refractivity contribution < 1.29 is 14.7 Å². The van der Waals surface area contributed by atoms with Gasteiger partial charge < -0.3 is 15.7 Å². The number of rotatable bonds is 11. The summed E-state index contributed by atoms with van der Waals surface area (Å²) in [6, 6.07) is 34.7. The fourth-order valence-corrected chi connectivity index (χ4v) is 6.37. The molecule has 1 atom stereocenters. The van der Waals surface area contributed by atoms with Crippen LogP contribution in [0.3, 0.4) is 0 Å². The predicted octanol–water partition coefficient (Wildman–Crippen LogP) is 8.18. The number of hydrogen-bond donors (Lipinski definition) is 3. The van der Waals surface area contributed by atoms with Crippen molar-refractivity contribution >= 4 is 39.9 Å². The zero-order valence-electron chi connectivity index (χ0n) is 25.7. The predicted molar refractivity (Wildman–Crippen MR) is 186 cm³/mol. The second kappa shape index (κ2) is 14.6. The highest BCUT2D eigenvalue weighted by atomic mass is 35.5. The van der Waals surface area contributed by atoms with Gasteiger partial charge in [0, 0.05) is 30.2 Å². The Bertz CT molecular complexity index is 1830. The summed E-state index contributed by atoms with van der Waals surface area (Å²) in [6.07, 6.45) is 3.95. The third-order valence-corrected chi connectivity index (χ3v) is 8.93. The first-order chi connectivity index (χ1) is 22.4. The number of anilines is 1. The fourth-order valence-electron chi connectivity index (χ4n) is 6.19. The minimum Gasteiger partial charge on any atom is -0.480 e. The van der Waals surface area contributed by atoms with Crippen molar-refractivity contribution in [1.82, 2.24) is 10.2 Å². The monoisotopic (exact) mass is 631 g/mol. The van der Waals surface area contributed by atoms with Crippen LogP contribution in [0.1, 0.15) is 46.3 Å². The largest absolute Gasteiger partial charge is 0.480 e. The fraction of sp³-hybridized carbons (Fsp3) is 0.231. The lowest BCUT2D eigenvalue weighted by atomic mass is 9.96. The van der Waals surface area contributed by atoms with E-state index >= 15 is 0 Å². The van der Waals surface area contributed by atoms with Crippen molar-refractivity contribution in [1.29, 1.82) is 0 Å². The zero-order chi connectivity index (χ0) is 31.9. The molecule has 6 nitrogen and oxygen atoms in total. The molecule has 46 heavy (non-hydrogen) atoms. The smallest absolute Gasteiger partial charge is 0.326 e. The van der Waals surface area contributed by atoms with E-state index in [1.807, 2.05) is 42.5 Å². The second-order valence-corrected chi connectivity index (χ2v) is 12.4. The molecule has 1 fully saturated rings. The van der Waals surface area contributed by atoms with E-state index in [4.69, 9.17) is 11.6 Å². The summed E-state index contributed by atoms with van der Waals surface area (Å²) in [5.41, 5.74) is 6.32. The molecule has 0 spiro atoms. The summed E-state index contributed by atoms with van der Waals surface area (Å²) in [7, 11) is 0. The molecule has 0 radical (unpaired) electrons. The molecule has 5 aromatic carbocycles. The Morgan fingerprint density at radius 1 is 0.783 bits per heavy atom. The summed E-state index contributed by atoms with van der Waals surface area (Å²) in [5.74, 6) is -1.60. The van der Waals surface area contributed by atoms with E-state index in [1.165, 1.54) is 30.4 Å². The molecule has 1 saturated heterocycles. The van der Waals surface area contributed by atoms with Gasteiger partial charge in [0.1, 0.15) is 6.04 Å². The molecule has 5 aromatic rings. The zero-order valence-corrected chi connectivity index (χ0v) is 26.5. The van der Waals surface area contributed by atoms with Crippen LogP contribution in [-0.2, 0) is 24.3 Å². The van der Waals surface area contributed by atoms with Crippen LogP contribution in [0.15, 0.2) is 109 Å². The average Bonchev–Trinajstić information content (AvgIpc) is 3.08. The third kappa shape index (κ3) is 7.76. The maximum Gasteiger partial charge on any atom is 0.326 e. The standard InChI is InChI=1S/C39H38ClN3O3/c40-33-18-19-36(41-25-28-14-15-29-8-2-3-9-31(29)22-28)35(24-33)38(44)42-37(39(45)46)23-27-12-16-30(17-13-27)34-11-5-4-10-32(34)26-43-20-6-1-7-21-43/h2-5,8-19,22,24,37,41H,1,6-7,20-21,23,25-26H2,(H,42,44)(H,45,46)/t37-/m0/s1. The average molecular weight is 632 g/mol. The van der Waals surface area contributed by atoms with E-state index in [2.05, 4.69) is 64.1 Å². The van der Waals surface area contributed by atoms with Crippen LogP contribution in [0.2, 0.25) is 5.02 Å². The number of benzene rings is 5. The van der Waals surface area contributed by atoms with Gasteiger partial charge in [0.05, 0.1) is 5.56 Å². The molecule has 7 heteroatoms. The quantitative estimate of drug-likeness (QED) is 0.137. The number of carboxylic acids is 1. The first-order valence-electron chi connectivity index (χ1n) is 15.9. The molecule has 1 heterocycles. The molecule has 0 unspecified atom stereocenters. The first kappa shape index (κ1) is 31.3. The van der Waals surface area contributed by atoms with E-state index in [0.29, 0.717) is 22.8 Å². The molecular weight excluding hydrogens is 594 g/mol. The Morgan fingerprint density at radius 3 is 2.28 bits per heavy atom. The number of aliphatic carboxylic acids is 1. The van der Waals surface area contributed by atoms with Crippen LogP contribution in [-0.4, -0.2) is 41.0 Å². The van der Waals surface area contributed by atoms with Crippen LogP contribution in [0.4, 0.5) is 5.69 Å².